The van der Waals surface area contributed by atoms with Crippen LogP contribution in [0.15, 0.2) is 39.5 Å². The van der Waals surface area contributed by atoms with Gasteiger partial charge in [-0.05, 0) is 60.0 Å². The van der Waals surface area contributed by atoms with Crippen LogP contribution >= 0.6 is 27.3 Å². The number of phenols is 1. The average Bonchev–Trinajstić information content (AvgIpc) is 2.91. The summed E-state index contributed by atoms with van der Waals surface area (Å²) in [5, 5.41) is 17.8. The molecule has 1 heterocycles. The standard InChI is InChI=1S/C15H18BrNOS/c1-2-14(13-9-12(16)3-4-15(13)18)17-7-5-11-6-8-19-10-11/h3-4,6,8-10,14,17-18H,2,5,7H2,1H3. The van der Waals surface area contributed by atoms with Crippen LogP contribution in [0, 0.1) is 0 Å². The molecule has 2 N–H and O–H groups in total. The van der Waals surface area contributed by atoms with Crippen molar-refractivity contribution in [1.29, 1.82) is 0 Å². The summed E-state index contributed by atoms with van der Waals surface area (Å²) in [5.74, 6) is 0.359. The van der Waals surface area contributed by atoms with Gasteiger partial charge in [-0.3, -0.25) is 0 Å². The van der Waals surface area contributed by atoms with Crippen LogP contribution in [-0.4, -0.2) is 11.7 Å². The van der Waals surface area contributed by atoms with Crippen LogP contribution in [0.4, 0.5) is 0 Å². The molecule has 1 atom stereocenters. The van der Waals surface area contributed by atoms with Crippen LogP contribution in [0.2, 0.25) is 0 Å². The molecule has 0 amide bonds. The summed E-state index contributed by atoms with van der Waals surface area (Å²) in [4.78, 5) is 0. The van der Waals surface area contributed by atoms with Gasteiger partial charge in [-0.15, -0.1) is 0 Å². The zero-order chi connectivity index (χ0) is 13.7. The fourth-order valence-electron chi connectivity index (χ4n) is 2.10. The zero-order valence-corrected chi connectivity index (χ0v) is 13.3. The molecule has 2 nitrogen and oxygen atoms in total. The van der Waals surface area contributed by atoms with E-state index in [4.69, 9.17) is 0 Å². The molecule has 1 aromatic carbocycles. The number of hydrogen-bond acceptors (Lipinski definition) is 3. The van der Waals surface area contributed by atoms with E-state index in [1.807, 2.05) is 12.1 Å². The van der Waals surface area contributed by atoms with Crippen molar-refractivity contribution in [3.8, 4) is 5.75 Å². The highest BCUT2D eigenvalue weighted by Crippen LogP contribution is 2.29. The fraction of sp³-hybridized carbons (Fsp3) is 0.333. The highest BCUT2D eigenvalue weighted by molar-refractivity contribution is 9.10. The zero-order valence-electron chi connectivity index (χ0n) is 10.9. The predicted molar refractivity (Wildman–Crippen MR) is 84.9 cm³/mol. The molecule has 1 aromatic heterocycles. The van der Waals surface area contributed by atoms with Crippen LogP contribution < -0.4 is 5.32 Å². The van der Waals surface area contributed by atoms with Crippen molar-refractivity contribution in [2.45, 2.75) is 25.8 Å². The van der Waals surface area contributed by atoms with Crippen molar-refractivity contribution in [2.75, 3.05) is 6.54 Å². The van der Waals surface area contributed by atoms with E-state index in [0.29, 0.717) is 5.75 Å². The first kappa shape index (κ1) is 14.6. The fourth-order valence-corrected chi connectivity index (χ4v) is 3.19. The highest BCUT2D eigenvalue weighted by atomic mass is 79.9. The summed E-state index contributed by atoms with van der Waals surface area (Å²) in [6.07, 6.45) is 1.97. The number of phenolic OH excluding ortho intramolecular Hbond substituents is 1. The molecule has 0 aliphatic heterocycles. The van der Waals surface area contributed by atoms with Crippen LogP contribution in [0.3, 0.4) is 0 Å². The Labute approximate surface area is 126 Å². The van der Waals surface area contributed by atoms with E-state index in [9.17, 15) is 5.11 Å². The first-order valence-corrected chi connectivity index (χ1v) is 8.17. The van der Waals surface area contributed by atoms with E-state index in [1.54, 1.807) is 17.4 Å². The minimum atomic E-state index is 0.191. The summed E-state index contributed by atoms with van der Waals surface area (Å²) < 4.78 is 0.999. The lowest BCUT2D eigenvalue weighted by Crippen LogP contribution is -2.23. The molecule has 4 heteroatoms. The van der Waals surface area contributed by atoms with E-state index in [-0.39, 0.29) is 6.04 Å². The van der Waals surface area contributed by atoms with Crippen molar-refractivity contribution in [2.24, 2.45) is 0 Å². The number of halogens is 1. The third kappa shape index (κ3) is 4.06. The highest BCUT2D eigenvalue weighted by Gasteiger charge is 2.13. The number of thiophene rings is 1. The van der Waals surface area contributed by atoms with Gasteiger partial charge >= 0.3 is 0 Å². The Morgan fingerprint density at radius 1 is 1.37 bits per heavy atom. The summed E-state index contributed by atoms with van der Waals surface area (Å²) in [7, 11) is 0. The first-order chi connectivity index (χ1) is 9.20. The van der Waals surface area contributed by atoms with Crippen molar-refractivity contribution in [1.82, 2.24) is 5.32 Å². The molecule has 0 aliphatic carbocycles. The maximum atomic E-state index is 9.96. The normalized spacial score (nSPS) is 12.5. The van der Waals surface area contributed by atoms with Gasteiger partial charge in [0.05, 0.1) is 0 Å². The average molecular weight is 340 g/mol. The van der Waals surface area contributed by atoms with Crippen LogP contribution in [0.1, 0.15) is 30.5 Å². The van der Waals surface area contributed by atoms with Gasteiger partial charge in [0.1, 0.15) is 5.75 Å². The van der Waals surface area contributed by atoms with E-state index in [1.165, 1.54) is 5.56 Å². The van der Waals surface area contributed by atoms with E-state index < -0.39 is 0 Å². The number of hydrogen-bond donors (Lipinski definition) is 2. The van der Waals surface area contributed by atoms with Crippen molar-refractivity contribution in [3.05, 3.63) is 50.6 Å². The molecule has 102 valence electrons. The Morgan fingerprint density at radius 2 is 2.21 bits per heavy atom. The molecule has 1 unspecified atom stereocenters. The Balaban J connectivity index is 1.97. The predicted octanol–water partition coefficient (Wildman–Crippen LogP) is 4.50. The topological polar surface area (TPSA) is 32.3 Å². The summed E-state index contributed by atoms with van der Waals surface area (Å²) >= 11 is 5.19. The van der Waals surface area contributed by atoms with Crippen LogP contribution in [0.25, 0.3) is 0 Å². The Hall–Kier alpha value is -0.840. The maximum Gasteiger partial charge on any atom is 0.120 e. The monoisotopic (exact) mass is 339 g/mol. The van der Waals surface area contributed by atoms with Gasteiger partial charge in [0.25, 0.3) is 0 Å². The Bertz CT molecular complexity index is 513. The van der Waals surface area contributed by atoms with Gasteiger partial charge in [-0.25, -0.2) is 0 Å². The van der Waals surface area contributed by atoms with Crippen molar-refractivity contribution < 1.29 is 5.11 Å². The van der Waals surface area contributed by atoms with Crippen molar-refractivity contribution in [3.63, 3.8) is 0 Å². The molecule has 0 aliphatic rings. The summed E-state index contributed by atoms with van der Waals surface area (Å²) in [6.45, 7) is 3.05. The molecule has 0 saturated carbocycles. The number of aromatic hydroxyl groups is 1. The molecule has 0 saturated heterocycles. The minimum absolute atomic E-state index is 0.191. The molecule has 0 fully saturated rings. The lowest BCUT2D eigenvalue weighted by Gasteiger charge is -2.18. The second-order valence-electron chi connectivity index (χ2n) is 4.50. The van der Waals surface area contributed by atoms with E-state index in [0.717, 1.165) is 29.4 Å². The quantitative estimate of drug-likeness (QED) is 0.811. The maximum absolute atomic E-state index is 9.96. The van der Waals surface area contributed by atoms with Gasteiger partial charge in [0.2, 0.25) is 0 Å². The smallest absolute Gasteiger partial charge is 0.120 e. The van der Waals surface area contributed by atoms with Crippen molar-refractivity contribution >= 4 is 27.3 Å². The molecular weight excluding hydrogens is 322 g/mol. The second-order valence-corrected chi connectivity index (χ2v) is 6.20. The second kappa shape index (κ2) is 7.08. The largest absolute Gasteiger partial charge is 0.508 e. The SMILES string of the molecule is CCC(NCCc1ccsc1)c1cc(Br)ccc1O. The van der Waals surface area contributed by atoms with Gasteiger partial charge < -0.3 is 10.4 Å². The summed E-state index contributed by atoms with van der Waals surface area (Å²) in [6, 6.07) is 7.93. The third-order valence-electron chi connectivity index (χ3n) is 3.16. The van der Waals surface area contributed by atoms with Gasteiger partial charge in [0, 0.05) is 16.1 Å². The Morgan fingerprint density at radius 3 is 2.89 bits per heavy atom. The lowest BCUT2D eigenvalue weighted by molar-refractivity contribution is 0.442. The van der Waals surface area contributed by atoms with E-state index >= 15 is 0 Å². The molecule has 0 radical (unpaired) electrons. The molecule has 0 spiro atoms. The van der Waals surface area contributed by atoms with Gasteiger partial charge in [-0.2, -0.15) is 11.3 Å². The molecular formula is C15H18BrNOS. The van der Waals surface area contributed by atoms with Gasteiger partial charge in [0.15, 0.2) is 0 Å². The molecule has 19 heavy (non-hydrogen) atoms. The first-order valence-electron chi connectivity index (χ1n) is 6.43. The van der Waals surface area contributed by atoms with Crippen LogP contribution in [-0.2, 0) is 6.42 Å². The summed E-state index contributed by atoms with van der Waals surface area (Å²) in [5.41, 5.74) is 2.33. The van der Waals surface area contributed by atoms with Gasteiger partial charge in [-0.1, -0.05) is 22.9 Å². The third-order valence-corrected chi connectivity index (χ3v) is 4.38. The lowest BCUT2D eigenvalue weighted by atomic mass is 10.0. The minimum Gasteiger partial charge on any atom is -0.508 e. The molecule has 2 rings (SSSR count). The Kier molecular flexibility index (Phi) is 5.43. The molecule has 0 bridgehead atoms. The van der Waals surface area contributed by atoms with Crippen LogP contribution in [0.5, 0.6) is 5.75 Å². The molecule has 2 aromatic rings. The number of rotatable bonds is 6. The number of benzene rings is 1. The number of nitrogens with one attached hydrogen (secondary N) is 1. The van der Waals surface area contributed by atoms with E-state index in [2.05, 4.69) is 45.0 Å².